The molecule has 3 heterocycles. The number of amides is 2. The van der Waals surface area contributed by atoms with Gasteiger partial charge >= 0.3 is 6.18 Å². The fourth-order valence-corrected chi connectivity index (χ4v) is 5.78. The van der Waals surface area contributed by atoms with Gasteiger partial charge in [-0.3, -0.25) is 14.4 Å². The topological polar surface area (TPSA) is 57.7 Å². The van der Waals surface area contributed by atoms with E-state index in [9.17, 15) is 27.6 Å². The average Bonchev–Trinajstić information content (AvgIpc) is 3.25. The third kappa shape index (κ3) is 3.49. The normalized spacial score (nSPS) is 25.5. The molecular weight excluding hydrogens is 469 g/mol. The Bertz CT molecular complexity index is 1340. The molecule has 0 aromatic heterocycles. The Labute approximate surface area is 207 Å². The van der Waals surface area contributed by atoms with Gasteiger partial charge in [0.05, 0.1) is 29.1 Å². The third-order valence-corrected chi connectivity index (χ3v) is 7.44. The molecule has 8 heteroatoms. The number of hydrogen-bond acceptors (Lipinski definition) is 4. The Morgan fingerprint density at radius 2 is 1.58 bits per heavy atom. The second-order valence-electron chi connectivity index (χ2n) is 10.9. The summed E-state index contributed by atoms with van der Waals surface area (Å²) in [5.41, 5.74) is 1.81. The van der Waals surface area contributed by atoms with Crippen LogP contribution in [0.1, 0.15) is 44.4 Å². The summed E-state index contributed by atoms with van der Waals surface area (Å²) >= 11 is 0. The minimum Gasteiger partial charge on any atom is -0.353 e. The molecule has 4 atom stereocenters. The van der Waals surface area contributed by atoms with E-state index in [1.807, 2.05) is 43.0 Å². The first-order valence-electron chi connectivity index (χ1n) is 11.9. The molecule has 0 saturated carbocycles. The molecule has 2 amide bonds. The molecule has 2 aromatic rings. The lowest BCUT2D eigenvalue weighted by atomic mass is 9.79. The predicted octanol–water partition coefficient (Wildman–Crippen LogP) is 5.41. The van der Waals surface area contributed by atoms with Gasteiger partial charge in [-0.15, -0.1) is 0 Å². The van der Waals surface area contributed by atoms with Crippen LogP contribution >= 0.6 is 0 Å². The monoisotopic (exact) mass is 496 g/mol. The van der Waals surface area contributed by atoms with E-state index < -0.39 is 52.9 Å². The van der Waals surface area contributed by atoms with Crippen LogP contribution in [0, 0.1) is 24.2 Å². The second kappa shape index (κ2) is 7.79. The fraction of sp³-hybridized carbons (Fsp3) is 0.393. The zero-order valence-corrected chi connectivity index (χ0v) is 20.7. The number of rotatable bonds is 2. The van der Waals surface area contributed by atoms with E-state index in [2.05, 4.69) is 0 Å². The zero-order chi connectivity index (χ0) is 26.3. The molecule has 5 rings (SSSR count). The lowest BCUT2D eigenvalue weighted by Crippen LogP contribution is -2.51. The fourth-order valence-electron chi connectivity index (χ4n) is 5.78. The molecule has 3 aliphatic heterocycles. The highest BCUT2D eigenvalue weighted by molar-refractivity contribution is 6.25. The Kier molecular flexibility index (Phi) is 5.25. The number of anilines is 2. The Hall–Kier alpha value is -3.42. The number of carbonyl (C=O) groups is 3. The number of ketones is 1. The van der Waals surface area contributed by atoms with Crippen LogP contribution in [0.15, 0.2) is 48.5 Å². The quantitative estimate of drug-likeness (QED) is 0.522. The summed E-state index contributed by atoms with van der Waals surface area (Å²) in [5, 5.41) is 0. The summed E-state index contributed by atoms with van der Waals surface area (Å²) in [6.07, 6.45) is -2.71. The van der Waals surface area contributed by atoms with Gasteiger partial charge in [0, 0.05) is 16.7 Å². The number of nitrogens with zero attached hydrogens (tertiary/aromatic N) is 2. The van der Waals surface area contributed by atoms with Crippen molar-refractivity contribution < 1.29 is 27.6 Å². The van der Waals surface area contributed by atoms with Crippen molar-refractivity contribution in [1.82, 2.24) is 0 Å². The molecule has 0 unspecified atom stereocenters. The van der Waals surface area contributed by atoms with Crippen molar-refractivity contribution in [3.05, 3.63) is 65.2 Å². The number of imide groups is 1. The smallest absolute Gasteiger partial charge is 0.353 e. The maximum Gasteiger partial charge on any atom is 0.416 e. The largest absolute Gasteiger partial charge is 0.416 e. The molecule has 2 fully saturated rings. The molecule has 5 nitrogen and oxygen atoms in total. The highest BCUT2D eigenvalue weighted by Gasteiger charge is 2.65. The number of Topliss-reactive ketones (excluding diaryl/α,β-unsaturated/α-hetero) is 1. The lowest BCUT2D eigenvalue weighted by molar-refractivity contribution is -0.137. The van der Waals surface area contributed by atoms with Gasteiger partial charge in [-0.2, -0.15) is 13.2 Å². The van der Waals surface area contributed by atoms with Crippen LogP contribution in [-0.2, 0) is 20.6 Å². The first kappa shape index (κ1) is 24.3. The van der Waals surface area contributed by atoms with Crippen LogP contribution in [0.2, 0.25) is 0 Å². The van der Waals surface area contributed by atoms with Crippen LogP contribution < -0.4 is 9.80 Å². The van der Waals surface area contributed by atoms with Gasteiger partial charge in [0.15, 0.2) is 5.78 Å². The third-order valence-electron chi connectivity index (χ3n) is 7.44. The van der Waals surface area contributed by atoms with E-state index in [0.717, 1.165) is 39.4 Å². The van der Waals surface area contributed by atoms with Crippen molar-refractivity contribution in [2.24, 2.45) is 17.3 Å². The number of carbonyl (C=O) groups excluding carboxylic acids is 3. The summed E-state index contributed by atoms with van der Waals surface area (Å²) in [5.74, 6) is -3.29. The van der Waals surface area contributed by atoms with Crippen molar-refractivity contribution in [3.63, 3.8) is 0 Å². The van der Waals surface area contributed by atoms with E-state index in [0.29, 0.717) is 0 Å². The van der Waals surface area contributed by atoms with Gasteiger partial charge in [0.2, 0.25) is 11.8 Å². The van der Waals surface area contributed by atoms with E-state index in [-0.39, 0.29) is 11.5 Å². The summed E-state index contributed by atoms with van der Waals surface area (Å²) < 4.78 is 40.1. The van der Waals surface area contributed by atoms with Crippen LogP contribution in [-0.4, -0.2) is 29.7 Å². The van der Waals surface area contributed by atoms with Crippen molar-refractivity contribution in [2.45, 2.75) is 52.9 Å². The summed E-state index contributed by atoms with van der Waals surface area (Å²) in [6, 6.07) is 8.60. The molecule has 3 aliphatic rings. The zero-order valence-electron chi connectivity index (χ0n) is 20.7. The van der Waals surface area contributed by atoms with Gasteiger partial charge in [-0.1, -0.05) is 44.5 Å². The predicted molar refractivity (Wildman–Crippen MR) is 130 cm³/mol. The lowest BCUT2D eigenvalue weighted by Gasteiger charge is -2.39. The Morgan fingerprint density at radius 3 is 2.22 bits per heavy atom. The number of fused-ring (bicyclic) bond motifs is 5. The molecule has 36 heavy (non-hydrogen) atoms. The summed E-state index contributed by atoms with van der Waals surface area (Å²) in [4.78, 5) is 44.1. The molecule has 188 valence electrons. The molecule has 0 bridgehead atoms. The maximum atomic E-state index is 13.8. The first-order chi connectivity index (χ1) is 16.7. The molecule has 0 spiro atoms. The summed E-state index contributed by atoms with van der Waals surface area (Å²) in [6.45, 7) is 9.20. The van der Waals surface area contributed by atoms with Crippen molar-refractivity contribution in [3.8, 4) is 0 Å². The number of hydrogen-bond donors (Lipinski definition) is 0. The van der Waals surface area contributed by atoms with Crippen molar-refractivity contribution in [2.75, 3.05) is 9.80 Å². The van der Waals surface area contributed by atoms with Gasteiger partial charge < -0.3 is 4.90 Å². The highest BCUT2D eigenvalue weighted by atomic mass is 19.4. The molecule has 0 radical (unpaired) electrons. The molecule has 0 N–H and O–H groups in total. The maximum absolute atomic E-state index is 13.8. The Balaban J connectivity index is 1.66. The number of alkyl halides is 3. The van der Waals surface area contributed by atoms with E-state index in [1.165, 1.54) is 12.1 Å². The SMILES string of the molecule is CC1=C[C@@H]2[C@@H]3C(=O)N(c4cccc(C(F)(F)F)c4)C(=O)[C@@H]3[C@@H](C(=O)C(C)(C)C)N2c2ccc(C)cc21. The minimum atomic E-state index is -4.62. The standard InChI is InChI=1S/C28H27F3N2O3/c1-14-9-10-19-18(11-14)15(2)12-20-21-22(23(33(19)20)24(34)27(3,4)5)26(36)32(25(21)35)17-8-6-7-16(13-17)28(29,30)31/h6-13,20-23H,1-5H3/t20-,21+,22+,23+/m1/s1. The summed E-state index contributed by atoms with van der Waals surface area (Å²) in [7, 11) is 0. The highest BCUT2D eigenvalue weighted by Crippen LogP contribution is 2.52. The molecule has 0 aliphatic carbocycles. The van der Waals surface area contributed by atoms with E-state index in [4.69, 9.17) is 0 Å². The van der Waals surface area contributed by atoms with E-state index >= 15 is 0 Å². The van der Waals surface area contributed by atoms with E-state index in [1.54, 1.807) is 20.8 Å². The molecular formula is C28H27F3N2O3. The first-order valence-corrected chi connectivity index (χ1v) is 11.9. The van der Waals surface area contributed by atoms with Gasteiger partial charge in [-0.05, 0) is 49.8 Å². The van der Waals surface area contributed by atoms with Gasteiger partial charge in [0.1, 0.15) is 6.04 Å². The average molecular weight is 497 g/mol. The van der Waals surface area contributed by atoms with Crippen LogP contribution in [0.25, 0.3) is 5.57 Å². The van der Waals surface area contributed by atoms with Crippen LogP contribution in [0.5, 0.6) is 0 Å². The van der Waals surface area contributed by atoms with Gasteiger partial charge in [-0.25, -0.2) is 4.90 Å². The van der Waals surface area contributed by atoms with Crippen LogP contribution in [0.3, 0.4) is 0 Å². The second-order valence-corrected chi connectivity index (χ2v) is 10.9. The number of halogens is 3. The Morgan fingerprint density at radius 1 is 0.917 bits per heavy atom. The number of aryl methyl sites for hydroxylation is 1. The molecule has 2 saturated heterocycles. The van der Waals surface area contributed by atoms with Crippen molar-refractivity contribution in [1.29, 1.82) is 0 Å². The molecule has 2 aromatic carbocycles. The number of allylic oxidation sites excluding steroid dienone is 1. The minimum absolute atomic E-state index is 0.129. The van der Waals surface area contributed by atoms with Crippen LogP contribution in [0.4, 0.5) is 24.5 Å². The van der Waals surface area contributed by atoms with Crippen molar-refractivity contribution >= 4 is 34.5 Å². The van der Waals surface area contributed by atoms with Gasteiger partial charge in [0.25, 0.3) is 0 Å². The number of benzene rings is 2.